The second-order valence-corrected chi connectivity index (χ2v) is 6.21. The van der Waals surface area contributed by atoms with Crippen LogP contribution < -0.4 is 5.32 Å². The van der Waals surface area contributed by atoms with E-state index in [-0.39, 0.29) is 0 Å². The highest BCUT2D eigenvalue weighted by Crippen LogP contribution is 2.26. The van der Waals surface area contributed by atoms with Crippen molar-refractivity contribution in [3.63, 3.8) is 0 Å². The molecule has 2 aromatic carbocycles. The molecule has 0 aliphatic carbocycles. The first-order valence-corrected chi connectivity index (χ1v) is 7.40. The van der Waals surface area contributed by atoms with Crippen molar-refractivity contribution in [1.29, 1.82) is 0 Å². The van der Waals surface area contributed by atoms with Crippen molar-refractivity contribution in [3.05, 3.63) is 60.6 Å². The summed E-state index contributed by atoms with van der Waals surface area (Å²) in [5, 5.41) is 5.30. The minimum atomic E-state index is 0.583. The fourth-order valence-electron chi connectivity index (χ4n) is 1.50. The van der Waals surface area contributed by atoms with E-state index in [2.05, 4.69) is 27.9 Å². The van der Waals surface area contributed by atoms with Gasteiger partial charge in [0, 0.05) is 20.2 Å². The molecule has 0 saturated heterocycles. The lowest BCUT2D eigenvalue weighted by atomic mass is 10.2. The Balaban J connectivity index is 2.13. The van der Waals surface area contributed by atoms with Crippen LogP contribution in [0.3, 0.4) is 0 Å². The van der Waals surface area contributed by atoms with Gasteiger partial charge in [-0.1, -0.05) is 34.8 Å². The van der Waals surface area contributed by atoms with E-state index in [1.807, 2.05) is 24.3 Å². The van der Waals surface area contributed by atoms with Gasteiger partial charge in [-0.2, -0.15) is 0 Å². The van der Waals surface area contributed by atoms with Crippen LogP contribution >= 0.6 is 57.4 Å². The van der Waals surface area contributed by atoms with E-state index < -0.39 is 0 Å². The molecule has 0 aromatic heterocycles. The van der Waals surface area contributed by atoms with Crippen molar-refractivity contribution in [2.45, 2.75) is 6.54 Å². The van der Waals surface area contributed by atoms with E-state index in [9.17, 15) is 0 Å². The third-order valence-electron chi connectivity index (χ3n) is 2.41. The van der Waals surface area contributed by atoms with Crippen LogP contribution in [0, 0.1) is 3.57 Å². The standard InChI is InChI=1S/C13H9Cl3IN/c14-9-1-3-11(15)8(5-9)7-18-13-4-2-10(17)6-12(13)16/h1-6,18H,7H2. The molecule has 1 N–H and O–H groups in total. The predicted octanol–water partition coefficient (Wildman–Crippen LogP) is 5.86. The Labute approximate surface area is 135 Å². The zero-order chi connectivity index (χ0) is 13.1. The first-order chi connectivity index (χ1) is 8.56. The molecule has 0 radical (unpaired) electrons. The number of hydrogen-bond donors (Lipinski definition) is 1. The largest absolute Gasteiger partial charge is 0.380 e. The first kappa shape index (κ1) is 14.3. The summed E-state index contributed by atoms with van der Waals surface area (Å²) in [7, 11) is 0. The summed E-state index contributed by atoms with van der Waals surface area (Å²) in [6.45, 7) is 0.583. The molecule has 94 valence electrons. The molecule has 0 fully saturated rings. The average molecular weight is 412 g/mol. The fourth-order valence-corrected chi connectivity index (χ4v) is 2.80. The Morgan fingerprint density at radius 3 is 2.44 bits per heavy atom. The lowest BCUT2D eigenvalue weighted by molar-refractivity contribution is 1.15. The van der Waals surface area contributed by atoms with Crippen molar-refractivity contribution in [2.75, 3.05) is 5.32 Å². The third kappa shape index (κ3) is 3.67. The topological polar surface area (TPSA) is 12.0 Å². The predicted molar refractivity (Wildman–Crippen MR) is 88.0 cm³/mol. The van der Waals surface area contributed by atoms with Crippen molar-refractivity contribution in [3.8, 4) is 0 Å². The van der Waals surface area contributed by atoms with Gasteiger partial charge in [0.1, 0.15) is 0 Å². The van der Waals surface area contributed by atoms with E-state index >= 15 is 0 Å². The van der Waals surface area contributed by atoms with Gasteiger partial charge in [-0.25, -0.2) is 0 Å². The normalized spacial score (nSPS) is 10.4. The minimum absolute atomic E-state index is 0.583. The Morgan fingerprint density at radius 2 is 1.72 bits per heavy atom. The highest BCUT2D eigenvalue weighted by atomic mass is 127. The molecular formula is C13H9Cl3IN. The summed E-state index contributed by atoms with van der Waals surface area (Å²) in [5.74, 6) is 0. The van der Waals surface area contributed by atoms with E-state index in [0.717, 1.165) is 14.8 Å². The Kier molecular flexibility index (Phi) is 5.01. The quantitative estimate of drug-likeness (QED) is 0.623. The van der Waals surface area contributed by atoms with Gasteiger partial charge >= 0.3 is 0 Å². The number of nitrogens with one attached hydrogen (secondary N) is 1. The van der Waals surface area contributed by atoms with E-state index in [1.165, 1.54) is 0 Å². The van der Waals surface area contributed by atoms with Gasteiger partial charge in [-0.3, -0.25) is 0 Å². The molecule has 5 heteroatoms. The van der Waals surface area contributed by atoms with Crippen LogP contribution in [-0.2, 0) is 6.54 Å². The van der Waals surface area contributed by atoms with Gasteiger partial charge in [0.25, 0.3) is 0 Å². The highest BCUT2D eigenvalue weighted by Gasteiger charge is 2.04. The van der Waals surface area contributed by atoms with E-state index in [0.29, 0.717) is 21.6 Å². The summed E-state index contributed by atoms with van der Waals surface area (Å²) in [5.41, 5.74) is 1.83. The number of rotatable bonds is 3. The van der Waals surface area contributed by atoms with Gasteiger partial charge in [0.15, 0.2) is 0 Å². The first-order valence-electron chi connectivity index (χ1n) is 5.19. The van der Waals surface area contributed by atoms with Crippen molar-refractivity contribution >= 4 is 63.1 Å². The summed E-state index contributed by atoms with van der Waals surface area (Å²) >= 11 is 20.4. The van der Waals surface area contributed by atoms with Crippen LogP contribution in [0.15, 0.2) is 36.4 Å². The monoisotopic (exact) mass is 411 g/mol. The zero-order valence-corrected chi connectivity index (χ0v) is 13.6. The zero-order valence-electron chi connectivity index (χ0n) is 9.18. The summed E-state index contributed by atoms with van der Waals surface area (Å²) in [6, 6.07) is 11.3. The van der Waals surface area contributed by atoms with Gasteiger partial charge in [0.2, 0.25) is 0 Å². The average Bonchev–Trinajstić information content (AvgIpc) is 2.32. The second kappa shape index (κ2) is 6.33. The van der Waals surface area contributed by atoms with Gasteiger partial charge in [0.05, 0.1) is 10.7 Å². The maximum absolute atomic E-state index is 6.14. The molecule has 0 bridgehead atoms. The Morgan fingerprint density at radius 1 is 0.944 bits per heavy atom. The molecule has 0 atom stereocenters. The maximum atomic E-state index is 6.14. The van der Waals surface area contributed by atoms with E-state index in [4.69, 9.17) is 34.8 Å². The molecule has 0 aliphatic heterocycles. The van der Waals surface area contributed by atoms with Crippen molar-refractivity contribution in [2.24, 2.45) is 0 Å². The second-order valence-electron chi connectivity index (χ2n) is 3.71. The molecule has 0 aliphatic rings. The smallest absolute Gasteiger partial charge is 0.0648 e. The van der Waals surface area contributed by atoms with Crippen molar-refractivity contribution in [1.82, 2.24) is 0 Å². The summed E-state index contributed by atoms with van der Waals surface area (Å²) in [6.07, 6.45) is 0. The lowest BCUT2D eigenvalue weighted by Crippen LogP contribution is -2.00. The van der Waals surface area contributed by atoms with Gasteiger partial charge in [-0.05, 0) is 64.6 Å². The molecule has 0 amide bonds. The summed E-state index contributed by atoms with van der Waals surface area (Å²) in [4.78, 5) is 0. The maximum Gasteiger partial charge on any atom is 0.0648 e. The molecule has 0 heterocycles. The number of halogens is 4. The van der Waals surface area contributed by atoms with Crippen LogP contribution in [-0.4, -0.2) is 0 Å². The van der Waals surface area contributed by atoms with Crippen LogP contribution in [0.2, 0.25) is 15.1 Å². The van der Waals surface area contributed by atoms with Gasteiger partial charge < -0.3 is 5.32 Å². The SMILES string of the molecule is Clc1ccc(Cl)c(CNc2ccc(I)cc2Cl)c1. The number of anilines is 1. The number of hydrogen-bond acceptors (Lipinski definition) is 1. The summed E-state index contributed by atoms with van der Waals surface area (Å²) < 4.78 is 1.10. The molecule has 1 nitrogen and oxygen atoms in total. The lowest BCUT2D eigenvalue weighted by Gasteiger charge is -2.10. The third-order valence-corrected chi connectivity index (χ3v) is 4.00. The van der Waals surface area contributed by atoms with Crippen molar-refractivity contribution < 1.29 is 0 Å². The molecule has 2 rings (SSSR count). The highest BCUT2D eigenvalue weighted by molar-refractivity contribution is 14.1. The molecular weight excluding hydrogens is 403 g/mol. The minimum Gasteiger partial charge on any atom is -0.380 e. The van der Waals surface area contributed by atoms with E-state index in [1.54, 1.807) is 12.1 Å². The number of benzene rings is 2. The van der Waals surface area contributed by atoms with Crippen LogP contribution in [0.5, 0.6) is 0 Å². The van der Waals surface area contributed by atoms with Crippen LogP contribution in [0.4, 0.5) is 5.69 Å². The Bertz CT molecular complexity index is 572. The molecule has 0 spiro atoms. The molecule has 0 saturated carbocycles. The fraction of sp³-hybridized carbons (Fsp3) is 0.0769. The molecule has 2 aromatic rings. The molecule has 0 unspecified atom stereocenters. The van der Waals surface area contributed by atoms with Crippen LogP contribution in [0.1, 0.15) is 5.56 Å². The Hall–Kier alpha value is -0.160. The van der Waals surface area contributed by atoms with Gasteiger partial charge in [-0.15, -0.1) is 0 Å². The molecule has 18 heavy (non-hydrogen) atoms. The van der Waals surface area contributed by atoms with Crippen LogP contribution in [0.25, 0.3) is 0 Å².